The summed E-state index contributed by atoms with van der Waals surface area (Å²) in [5.74, 6) is 0.631. The fourth-order valence-electron chi connectivity index (χ4n) is 5.90. The smallest absolute Gasteiger partial charge is 0.341 e. The number of methoxy groups -OCH3 is 1. The third-order valence-corrected chi connectivity index (χ3v) is 8.09. The van der Waals surface area contributed by atoms with Crippen LogP contribution in [0.15, 0.2) is 24.8 Å². The summed E-state index contributed by atoms with van der Waals surface area (Å²) in [6.07, 6.45) is 12.5. The molecule has 1 saturated carbocycles. The summed E-state index contributed by atoms with van der Waals surface area (Å²) in [6.45, 7) is 5.78. The Balaban J connectivity index is 1.60. The number of carboxylic acids is 1. The number of benzene rings is 1. The molecule has 40 heavy (non-hydrogen) atoms. The van der Waals surface area contributed by atoms with Crippen LogP contribution in [-0.4, -0.2) is 55.4 Å². The Morgan fingerprint density at radius 1 is 1.10 bits per heavy atom. The number of rotatable bonds is 17. The van der Waals surface area contributed by atoms with Gasteiger partial charge in [0, 0.05) is 31.4 Å². The van der Waals surface area contributed by atoms with E-state index < -0.39 is 12.6 Å². The van der Waals surface area contributed by atoms with Crippen molar-refractivity contribution in [1.82, 2.24) is 0 Å². The molecule has 2 aliphatic rings. The number of carbonyl (C=O) groups is 3. The van der Waals surface area contributed by atoms with Gasteiger partial charge in [0.25, 0.3) is 0 Å². The highest BCUT2D eigenvalue weighted by molar-refractivity contribution is 5.98. The van der Waals surface area contributed by atoms with Crippen LogP contribution < -0.4 is 9.47 Å². The summed E-state index contributed by atoms with van der Waals surface area (Å²) >= 11 is 0. The molecular formula is C32H46O8. The van der Waals surface area contributed by atoms with Crippen molar-refractivity contribution < 1.29 is 38.4 Å². The second kappa shape index (κ2) is 16.5. The minimum Gasteiger partial charge on any atom is -0.493 e. The number of aliphatic carboxylic acids is 1. The molecule has 1 heterocycles. The maximum Gasteiger partial charge on any atom is 0.341 e. The van der Waals surface area contributed by atoms with E-state index in [1.807, 2.05) is 6.92 Å². The van der Waals surface area contributed by atoms with Crippen LogP contribution in [-0.2, 0) is 19.1 Å². The van der Waals surface area contributed by atoms with Gasteiger partial charge in [-0.15, -0.1) is 6.58 Å². The average molecular weight is 559 g/mol. The number of ether oxygens (including phenoxy) is 4. The highest BCUT2D eigenvalue weighted by atomic mass is 16.7. The van der Waals surface area contributed by atoms with Crippen LogP contribution in [0.25, 0.3) is 0 Å². The second-order valence-electron chi connectivity index (χ2n) is 11.1. The molecule has 1 N–H and O–H groups in total. The van der Waals surface area contributed by atoms with Gasteiger partial charge >= 0.3 is 5.97 Å². The quantitative estimate of drug-likeness (QED) is 0.171. The third-order valence-electron chi connectivity index (χ3n) is 8.09. The Labute approximate surface area is 238 Å². The van der Waals surface area contributed by atoms with E-state index >= 15 is 0 Å². The number of aryl methyl sites for hydroxylation is 1. The SMILES string of the molecule is C=CCCC(=O)CCC(OC1CCCCO1)C1CCCC(CCC(=O)c2cc(OC)c(OCC(=O)O)cc2C)C1. The summed E-state index contributed by atoms with van der Waals surface area (Å²) in [4.78, 5) is 36.5. The maximum atomic E-state index is 13.2. The lowest BCUT2D eigenvalue weighted by atomic mass is 9.75. The molecule has 8 nitrogen and oxygen atoms in total. The Morgan fingerprint density at radius 2 is 1.93 bits per heavy atom. The van der Waals surface area contributed by atoms with E-state index in [0.29, 0.717) is 61.0 Å². The molecule has 2 fully saturated rings. The van der Waals surface area contributed by atoms with Gasteiger partial charge < -0.3 is 24.1 Å². The molecule has 0 radical (unpaired) electrons. The van der Waals surface area contributed by atoms with E-state index in [1.54, 1.807) is 18.2 Å². The molecule has 0 bridgehead atoms. The topological polar surface area (TPSA) is 108 Å². The van der Waals surface area contributed by atoms with Gasteiger partial charge in [-0.2, -0.15) is 0 Å². The number of ketones is 2. The average Bonchev–Trinajstić information content (AvgIpc) is 2.96. The van der Waals surface area contributed by atoms with Crippen molar-refractivity contribution in [2.45, 2.75) is 103 Å². The summed E-state index contributed by atoms with van der Waals surface area (Å²) in [6, 6.07) is 3.31. The predicted molar refractivity (Wildman–Crippen MR) is 152 cm³/mol. The van der Waals surface area contributed by atoms with E-state index in [-0.39, 0.29) is 24.0 Å². The van der Waals surface area contributed by atoms with Crippen molar-refractivity contribution in [2.24, 2.45) is 11.8 Å². The Kier molecular flexibility index (Phi) is 13.1. The monoisotopic (exact) mass is 558 g/mol. The first-order valence-corrected chi connectivity index (χ1v) is 14.8. The highest BCUT2D eigenvalue weighted by Gasteiger charge is 2.32. The van der Waals surface area contributed by atoms with E-state index in [9.17, 15) is 14.4 Å². The first kappa shape index (κ1) is 31.8. The summed E-state index contributed by atoms with van der Waals surface area (Å²) in [5.41, 5.74) is 1.30. The largest absolute Gasteiger partial charge is 0.493 e. The first-order valence-electron chi connectivity index (χ1n) is 14.8. The predicted octanol–water partition coefficient (Wildman–Crippen LogP) is 6.46. The van der Waals surface area contributed by atoms with Crippen LogP contribution >= 0.6 is 0 Å². The Bertz CT molecular complexity index is 997. The minimum absolute atomic E-state index is 0.0147. The minimum atomic E-state index is -1.08. The fraction of sp³-hybridized carbons (Fsp3) is 0.656. The fourth-order valence-corrected chi connectivity index (χ4v) is 5.90. The van der Waals surface area contributed by atoms with E-state index in [2.05, 4.69) is 6.58 Å². The Morgan fingerprint density at radius 3 is 2.62 bits per heavy atom. The third kappa shape index (κ3) is 10.0. The number of carbonyl (C=O) groups excluding carboxylic acids is 2. The zero-order valence-electron chi connectivity index (χ0n) is 24.2. The van der Waals surface area contributed by atoms with Gasteiger partial charge in [-0.05, 0) is 87.8 Å². The molecule has 4 unspecified atom stereocenters. The van der Waals surface area contributed by atoms with Gasteiger partial charge in [-0.1, -0.05) is 18.9 Å². The maximum absolute atomic E-state index is 13.2. The second-order valence-corrected chi connectivity index (χ2v) is 11.1. The van der Waals surface area contributed by atoms with Crippen LogP contribution in [0.4, 0.5) is 0 Å². The van der Waals surface area contributed by atoms with E-state index in [0.717, 1.165) is 63.5 Å². The van der Waals surface area contributed by atoms with Crippen molar-refractivity contribution >= 4 is 17.5 Å². The van der Waals surface area contributed by atoms with E-state index in [1.165, 1.54) is 7.11 Å². The highest BCUT2D eigenvalue weighted by Crippen LogP contribution is 2.38. The number of carboxylic acid groups (broad SMARTS) is 1. The number of hydrogen-bond acceptors (Lipinski definition) is 7. The number of allylic oxidation sites excluding steroid dienone is 1. The molecule has 222 valence electrons. The summed E-state index contributed by atoms with van der Waals surface area (Å²) in [5, 5.41) is 8.91. The summed E-state index contributed by atoms with van der Waals surface area (Å²) in [7, 11) is 1.47. The van der Waals surface area contributed by atoms with Crippen molar-refractivity contribution in [3.05, 3.63) is 35.9 Å². The van der Waals surface area contributed by atoms with Gasteiger partial charge in [-0.25, -0.2) is 4.79 Å². The molecular weight excluding hydrogens is 512 g/mol. The van der Waals surface area contributed by atoms with E-state index in [4.69, 9.17) is 24.1 Å². The molecule has 0 amide bonds. The zero-order chi connectivity index (χ0) is 28.9. The Hall–Kier alpha value is -2.71. The lowest BCUT2D eigenvalue weighted by Crippen LogP contribution is -2.35. The lowest BCUT2D eigenvalue weighted by Gasteiger charge is -2.37. The van der Waals surface area contributed by atoms with Crippen molar-refractivity contribution in [3.8, 4) is 11.5 Å². The number of Topliss-reactive ketones (excluding diaryl/α,β-unsaturated/α-hetero) is 2. The van der Waals surface area contributed by atoms with Crippen molar-refractivity contribution in [2.75, 3.05) is 20.3 Å². The van der Waals surface area contributed by atoms with Crippen molar-refractivity contribution in [1.29, 1.82) is 0 Å². The first-order chi connectivity index (χ1) is 19.3. The molecule has 0 aromatic heterocycles. The number of hydrogen-bond donors (Lipinski definition) is 1. The van der Waals surface area contributed by atoms with Crippen LogP contribution in [0.2, 0.25) is 0 Å². The van der Waals surface area contributed by atoms with Crippen LogP contribution in [0.1, 0.15) is 99.4 Å². The van der Waals surface area contributed by atoms with Gasteiger partial charge in [0.05, 0.1) is 13.2 Å². The molecule has 1 aliphatic heterocycles. The lowest BCUT2D eigenvalue weighted by molar-refractivity contribution is -0.203. The molecule has 1 aliphatic carbocycles. The van der Waals surface area contributed by atoms with Crippen molar-refractivity contribution in [3.63, 3.8) is 0 Å². The molecule has 8 heteroatoms. The molecule has 3 rings (SSSR count). The van der Waals surface area contributed by atoms with Crippen LogP contribution in [0, 0.1) is 18.8 Å². The molecule has 1 aromatic rings. The van der Waals surface area contributed by atoms with Crippen LogP contribution in [0.5, 0.6) is 11.5 Å². The van der Waals surface area contributed by atoms with Crippen LogP contribution in [0.3, 0.4) is 0 Å². The molecule has 0 spiro atoms. The van der Waals surface area contributed by atoms with Gasteiger partial charge in [-0.3, -0.25) is 9.59 Å². The molecule has 1 aromatic carbocycles. The van der Waals surface area contributed by atoms with Gasteiger partial charge in [0.1, 0.15) is 5.78 Å². The molecule has 4 atom stereocenters. The molecule has 1 saturated heterocycles. The van der Waals surface area contributed by atoms with Gasteiger partial charge in [0.15, 0.2) is 30.2 Å². The van der Waals surface area contributed by atoms with Gasteiger partial charge in [0.2, 0.25) is 0 Å². The zero-order valence-corrected chi connectivity index (χ0v) is 24.2. The standard InChI is InChI=1S/C32H46O8/c1-4-5-11-25(33)14-16-28(40-32-12-6-7-17-38-32)24-10-8-9-23(19-24)13-15-27(34)26-20-29(37-3)30(18-22(26)2)39-21-31(35)36/h4,18,20,23-24,28,32H,1,5-17,19,21H2,2-3H3,(H,35,36). The normalized spacial score (nSPS) is 21.8. The summed E-state index contributed by atoms with van der Waals surface area (Å²) < 4.78 is 23.0.